The second-order valence-corrected chi connectivity index (χ2v) is 8.40. The van der Waals surface area contributed by atoms with Crippen LogP contribution in [-0.2, 0) is 6.54 Å². The van der Waals surface area contributed by atoms with Crippen molar-refractivity contribution in [3.05, 3.63) is 59.9 Å². The van der Waals surface area contributed by atoms with Crippen molar-refractivity contribution in [3.63, 3.8) is 0 Å². The molecular formula is C24H24F3N5O2. The van der Waals surface area contributed by atoms with E-state index in [1.807, 2.05) is 59.7 Å². The van der Waals surface area contributed by atoms with Gasteiger partial charge < -0.3 is 14.8 Å². The largest absolute Gasteiger partial charge is 0.457 e. The summed E-state index contributed by atoms with van der Waals surface area (Å²) in [6, 6.07) is 13.5. The number of halogens is 3. The SMILES string of the molecule is OC(N1CCN(Cc2nc3ccc(Oc4ccc(C5=CC=NC5)cc4)cc3[nH]2)CC1)C(F)(F)F. The minimum absolute atomic E-state index is 0.141. The van der Waals surface area contributed by atoms with Crippen LogP contribution in [0.4, 0.5) is 13.2 Å². The second-order valence-electron chi connectivity index (χ2n) is 8.40. The van der Waals surface area contributed by atoms with Crippen LogP contribution in [0.25, 0.3) is 16.6 Å². The first-order chi connectivity index (χ1) is 16.3. The highest BCUT2D eigenvalue weighted by atomic mass is 19.4. The normalized spacial score (nSPS) is 18.4. The molecule has 10 heteroatoms. The fourth-order valence-electron chi connectivity index (χ4n) is 4.17. The van der Waals surface area contributed by atoms with Crippen molar-refractivity contribution in [2.75, 3.05) is 32.7 Å². The highest BCUT2D eigenvalue weighted by Gasteiger charge is 2.43. The van der Waals surface area contributed by atoms with Crippen molar-refractivity contribution in [1.82, 2.24) is 19.8 Å². The van der Waals surface area contributed by atoms with Crippen molar-refractivity contribution in [3.8, 4) is 11.5 Å². The number of imidazole rings is 1. The van der Waals surface area contributed by atoms with E-state index >= 15 is 0 Å². The summed E-state index contributed by atoms with van der Waals surface area (Å²) in [6.45, 7) is 2.30. The van der Waals surface area contributed by atoms with E-state index < -0.39 is 12.4 Å². The Balaban J connectivity index is 1.20. The molecule has 7 nitrogen and oxygen atoms in total. The van der Waals surface area contributed by atoms with Gasteiger partial charge in [-0.1, -0.05) is 12.1 Å². The molecule has 1 atom stereocenters. The number of H-pyrrole nitrogens is 1. The van der Waals surface area contributed by atoms with Gasteiger partial charge in [0, 0.05) is 38.5 Å². The molecule has 1 aromatic heterocycles. The second kappa shape index (κ2) is 9.21. The van der Waals surface area contributed by atoms with Gasteiger partial charge in [0.2, 0.25) is 6.23 Å². The number of ether oxygens (including phenoxy) is 1. The van der Waals surface area contributed by atoms with Crippen molar-refractivity contribution in [2.45, 2.75) is 18.9 Å². The molecule has 0 spiro atoms. The Morgan fingerprint density at radius 1 is 1.03 bits per heavy atom. The highest BCUT2D eigenvalue weighted by molar-refractivity contribution is 5.89. The lowest BCUT2D eigenvalue weighted by Crippen LogP contribution is -2.54. The van der Waals surface area contributed by atoms with Gasteiger partial charge in [0.25, 0.3) is 0 Å². The Kier molecular flexibility index (Phi) is 6.11. The number of fused-ring (bicyclic) bond motifs is 1. The highest BCUT2D eigenvalue weighted by Crippen LogP contribution is 2.28. The third-order valence-electron chi connectivity index (χ3n) is 6.02. The lowest BCUT2D eigenvalue weighted by atomic mass is 10.1. The van der Waals surface area contributed by atoms with Crippen LogP contribution in [0.5, 0.6) is 11.5 Å². The number of allylic oxidation sites excluding steroid dienone is 1. The Hall–Kier alpha value is -3.21. The number of aliphatic hydroxyl groups excluding tert-OH is 1. The first-order valence-electron chi connectivity index (χ1n) is 11.0. The third kappa shape index (κ3) is 4.98. The Morgan fingerprint density at radius 2 is 1.76 bits per heavy atom. The molecule has 34 heavy (non-hydrogen) atoms. The third-order valence-corrected chi connectivity index (χ3v) is 6.02. The molecule has 0 aliphatic carbocycles. The summed E-state index contributed by atoms with van der Waals surface area (Å²) in [5.41, 5.74) is 3.91. The molecule has 1 saturated heterocycles. The van der Waals surface area contributed by atoms with Crippen molar-refractivity contribution >= 4 is 22.8 Å². The molecule has 1 fully saturated rings. The van der Waals surface area contributed by atoms with E-state index in [-0.39, 0.29) is 13.1 Å². The zero-order chi connectivity index (χ0) is 23.7. The topological polar surface area (TPSA) is 77.0 Å². The zero-order valence-corrected chi connectivity index (χ0v) is 18.3. The predicted molar refractivity (Wildman–Crippen MR) is 123 cm³/mol. The van der Waals surface area contributed by atoms with E-state index in [9.17, 15) is 18.3 Å². The van der Waals surface area contributed by atoms with Crippen LogP contribution in [-0.4, -0.2) is 76.2 Å². The van der Waals surface area contributed by atoms with Crippen LogP contribution in [0.15, 0.2) is 53.5 Å². The molecule has 0 radical (unpaired) electrons. The number of aromatic amines is 1. The maximum atomic E-state index is 12.7. The lowest BCUT2D eigenvalue weighted by Gasteiger charge is -2.37. The monoisotopic (exact) mass is 471 g/mol. The van der Waals surface area contributed by atoms with Gasteiger partial charge in [0.1, 0.15) is 17.3 Å². The van der Waals surface area contributed by atoms with Crippen LogP contribution in [0.3, 0.4) is 0 Å². The summed E-state index contributed by atoms with van der Waals surface area (Å²) in [5, 5.41) is 9.42. The summed E-state index contributed by atoms with van der Waals surface area (Å²) in [6.07, 6.45) is -3.23. The number of aliphatic hydroxyl groups is 1. The van der Waals surface area contributed by atoms with Gasteiger partial charge in [-0.05, 0) is 41.5 Å². The van der Waals surface area contributed by atoms with Crippen molar-refractivity contribution < 1.29 is 23.0 Å². The van der Waals surface area contributed by atoms with E-state index in [1.165, 1.54) is 5.57 Å². The maximum absolute atomic E-state index is 12.7. The number of rotatable bonds is 6. The molecule has 3 heterocycles. The molecule has 2 aliphatic heterocycles. The van der Waals surface area contributed by atoms with E-state index in [0.717, 1.165) is 33.1 Å². The molecule has 2 aromatic carbocycles. The van der Waals surface area contributed by atoms with Crippen LogP contribution in [0, 0.1) is 0 Å². The molecule has 178 valence electrons. The Labute approximate surface area is 194 Å². The first-order valence-corrected chi connectivity index (χ1v) is 11.0. The van der Waals surface area contributed by atoms with Crippen LogP contribution >= 0.6 is 0 Å². The Morgan fingerprint density at radius 3 is 2.44 bits per heavy atom. The average molecular weight is 471 g/mol. The van der Waals surface area contributed by atoms with Gasteiger partial charge >= 0.3 is 6.18 Å². The molecule has 0 saturated carbocycles. The number of aromatic nitrogens is 2. The molecule has 0 amide bonds. The summed E-state index contributed by atoms with van der Waals surface area (Å²) in [7, 11) is 0. The maximum Gasteiger partial charge on any atom is 0.428 e. The summed E-state index contributed by atoms with van der Waals surface area (Å²) in [5.74, 6) is 2.13. The van der Waals surface area contributed by atoms with Crippen molar-refractivity contribution in [1.29, 1.82) is 0 Å². The number of nitrogens with zero attached hydrogens (tertiary/aromatic N) is 4. The molecule has 0 bridgehead atoms. The van der Waals surface area contributed by atoms with Crippen molar-refractivity contribution in [2.24, 2.45) is 4.99 Å². The standard InChI is InChI=1S/C24H24F3N5O2/c25-24(26,27)23(33)32-11-9-31(10-12-32)15-22-29-20-6-5-19(13-21(20)30-22)34-18-3-1-16(2-4-18)17-7-8-28-14-17/h1-8,13,23,33H,9-12,14-15H2,(H,29,30). The number of aliphatic imine (C=N–C) groups is 1. The van der Waals surface area contributed by atoms with Gasteiger partial charge in [-0.3, -0.25) is 14.8 Å². The van der Waals surface area contributed by atoms with Gasteiger partial charge in [-0.25, -0.2) is 4.98 Å². The van der Waals surface area contributed by atoms with E-state index in [2.05, 4.69) is 15.0 Å². The number of alkyl halides is 3. The van der Waals surface area contributed by atoms with Gasteiger partial charge in [0.05, 0.1) is 24.1 Å². The molecule has 1 unspecified atom stereocenters. The number of hydrogen-bond acceptors (Lipinski definition) is 6. The predicted octanol–water partition coefficient (Wildman–Crippen LogP) is 3.82. The molecule has 2 aliphatic rings. The molecule has 3 aromatic rings. The first kappa shape index (κ1) is 22.6. The van der Waals surface area contributed by atoms with Crippen LogP contribution in [0.1, 0.15) is 11.4 Å². The molecular weight excluding hydrogens is 447 g/mol. The van der Waals surface area contributed by atoms with E-state index in [1.54, 1.807) is 0 Å². The Bertz CT molecular complexity index is 1210. The number of piperazine rings is 1. The smallest absolute Gasteiger partial charge is 0.428 e. The minimum atomic E-state index is -4.63. The molecule has 2 N–H and O–H groups in total. The van der Waals surface area contributed by atoms with E-state index in [0.29, 0.717) is 31.9 Å². The van der Waals surface area contributed by atoms with Gasteiger partial charge in [-0.15, -0.1) is 0 Å². The minimum Gasteiger partial charge on any atom is -0.457 e. The van der Waals surface area contributed by atoms with E-state index in [4.69, 9.17) is 4.74 Å². The number of benzene rings is 2. The van der Waals surface area contributed by atoms with Crippen LogP contribution in [0.2, 0.25) is 0 Å². The fraction of sp³-hybridized carbons (Fsp3) is 0.333. The number of nitrogens with one attached hydrogen (secondary N) is 1. The molecule has 5 rings (SSSR count). The quantitative estimate of drug-likeness (QED) is 0.572. The fourth-order valence-corrected chi connectivity index (χ4v) is 4.17. The summed E-state index contributed by atoms with van der Waals surface area (Å²) in [4.78, 5) is 15.1. The van der Waals surface area contributed by atoms with Crippen LogP contribution < -0.4 is 4.74 Å². The zero-order valence-electron chi connectivity index (χ0n) is 18.3. The summed E-state index contributed by atoms with van der Waals surface area (Å²) >= 11 is 0. The summed E-state index contributed by atoms with van der Waals surface area (Å²) < 4.78 is 44.1. The van der Waals surface area contributed by atoms with Gasteiger partial charge in [-0.2, -0.15) is 13.2 Å². The van der Waals surface area contributed by atoms with Gasteiger partial charge in [0.15, 0.2) is 0 Å². The number of hydrogen-bond donors (Lipinski definition) is 2. The average Bonchev–Trinajstić information content (AvgIpc) is 3.49. The lowest BCUT2D eigenvalue weighted by molar-refractivity contribution is -0.253.